The quantitative estimate of drug-likeness (QED) is 0.601. The second-order valence-corrected chi connectivity index (χ2v) is 2.99. The lowest BCUT2D eigenvalue weighted by Crippen LogP contribution is -2.14. The van der Waals surface area contributed by atoms with Crippen LogP contribution in [0.5, 0.6) is 0 Å². The van der Waals surface area contributed by atoms with Gasteiger partial charge in [-0.15, -0.1) is 0 Å². The van der Waals surface area contributed by atoms with E-state index in [2.05, 4.69) is 6.92 Å². The van der Waals surface area contributed by atoms with Crippen LogP contribution in [-0.4, -0.2) is 23.8 Å². The third-order valence-electron chi connectivity index (χ3n) is 1.61. The van der Waals surface area contributed by atoms with Gasteiger partial charge in [0, 0.05) is 6.61 Å². The summed E-state index contributed by atoms with van der Waals surface area (Å²) in [5.41, 5.74) is 0. The lowest BCUT2D eigenvalue weighted by molar-refractivity contribution is -0.139. The minimum absolute atomic E-state index is 0.103. The van der Waals surface area contributed by atoms with Gasteiger partial charge in [-0.3, -0.25) is 4.79 Å². The summed E-state index contributed by atoms with van der Waals surface area (Å²) in [6.07, 6.45) is 3.29. The molecule has 1 atom stereocenters. The molecule has 0 fully saturated rings. The maximum Gasteiger partial charge on any atom is 0.305 e. The molecule has 72 valence electrons. The first-order valence-electron chi connectivity index (χ1n) is 4.50. The van der Waals surface area contributed by atoms with Crippen LogP contribution in [0.4, 0.5) is 0 Å². The second kappa shape index (κ2) is 7.10. The number of carboxylic acids is 1. The van der Waals surface area contributed by atoms with Crippen molar-refractivity contribution in [1.82, 2.24) is 0 Å². The topological polar surface area (TPSA) is 46.5 Å². The largest absolute Gasteiger partial charge is 0.481 e. The van der Waals surface area contributed by atoms with E-state index < -0.39 is 5.97 Å². The Morgan fingerprint density at radius 3 is 2.67 bits per heavy atom. The Hall–Kier alpha value is -0.570. The van der Waals surface area contributed by atoms with E-state index in [0.29, 0.717) is 6.61 Å². The fourth-order valence-electron chi connectivity index (χ4n) is 0.941. The number of hydrogen-bond acceptors (Lipinski definition) is 2. The zero-order valence-corrected chi connectivity index (χ0v) is 7.88. The highest BCUT2D eigenvalue weighted by Gasteiger charge is 2.06. The average molecular weight is 174 g/mol. The lowest BCUT2D eigenvalue weighted by Gasteiger charge is -2.09. The fourth-order valence-corrected chi connectivity index (χ4v) is 0.941. The first-order valence-corrected chi connectivity index (χ1v) is 4.50. The molecule has 0 amide bonds. The Labute approximate surface area is 73.7 Å². The number of hydrogen-bond donors (Lipinski definition) is 1. The van der Waals surface area contributed by atoms with E-state index in [1.165, 1.54) is 0 Å². The zero-order valence-electron chi connectivity index (χ0n) is 7.88. The van der Waals surface area contributed by atoms with Gasteiger partial charge in [-0.05, 0) is 13.3 Å². The van der Waals surface area contributed by atoms with Crippen molar-refractivity contribution in [3.05, 3.63) is 0 Å². The van der Waals surface area contributed by atoms with E-state index in [9.17, 15) is 4.79 Å². The highest BCUT2D eigenvalue weighted by molar-refractivity contribution is 5.67. The van der Waals surface area contributed by atoms with Crippen LogP contribution < -0.4 is 0 Å². The normalized spacial score (nSPS) is 12.8. The number of rotatable bonds is 7. The van der Waals surface area contributed by atoms with E-state index in [1.807, 2.05) is 0 Å². The van der Waals surface area contributed by atoms with Gasteiger partial charge in [-0.25, -0.2) is 0 Å². The van der Waals surface area contributed by atoms with Crippen molar-refractivity contribution in [2.24, 2.45) is 0 Å². The molecule has 0 heterocycles. The Kier molecular flexibility index (Phi) is 6.76. The van der Waals surface area contributed by atoms with E-state index in [0.717, 1.165) is 19.3 Å². The summed E-state index contributed by atoms with van der Waals surface area (Å²) >= 11 is 0. The van der Waals surface area contributed by atoms with Crippen LogP contribution in [0.15, 0.2) is 0 Å². The number of ether oxygens (including phenoxy) is 1. The summed E-state index contributed by atoms with van der Waals surface area (Å²) in [7, 11) is 0. The molecule has 1 N–H and O–H groups in total. The van der Waals surface area contributed by atoms with E-state index >= 15 is 0 Å². The molecule has 0 bridgehead atoms. The molecule has 0 spiro atoms. The van der Waals surface area contributed by atoms with Gasteiger partial charge in [0.15, 0.2) is 0 Å². The first-order chi connectivity index (χ1) is 5.66. The predicted molar refractivity (Wildman–Crippen MR) is 47.2 cm³/mol. The van der Waals surface area contributed by atoms with Crippen molar-refractivity contribution in [2.75, 3.05) is 6.61 Å². The predicted octanol–water partition coefficient (Wildman–Crippen LogP) is 2.06. The maximum absolute atomic E-state index is 10.2. The van der Waals surface area contributed by atoms with Gasteiger partial charge in [-0.2, -0.15) is 0 Å². The third kappa shape index (κ3) is 7.54. The fraction of sp³-hybridized carbons (Fsp3) is 0.889. The van der Waals surface area contributed by atoms with Crippen LogP contribution in [0, 0.1) is 0 Å². The molecule has 3 heteroatoms. The van der Waals surface area contributed by atoms with Crippen LogP contribution in [0.2, 0.25) is 0 Å². The third-order valence-corrected chi connectivity index (χ3v) is 1.61. The van der Waals surface area contributed by atoms with E-state index in [1.54, 1.807) is 6.92 Å². The molecule has 0 aromatic heterocycles. The van der Waals surface area contributed by atoms with Crippen molar-refractivity contribution < 1.29 is 14.6 Å². The van der Waals surface area contributed by atoms with Gasteiger partial charge >= 0.3 is 5.97 Å². The second-order valence-electron chi connectivity index (χ2n) is 2.99. The summed E-state index contributed by atoms with van der Waals surface area (Å²) in [6, 6.07) is 0. The summed E-state index contributed by atoms with van der Waals surface area (Å²) in [6.45, 7) is 4.60. The van der Waals surface area contributed by atoms with Crippen LogP contribution in [0.25, 0.3) is 0 Å². The van der Waals surface area contributed by atoms with Gasteiger partial charge in [0.2, 0.25) is 0 Å². The van der Waals surface area contributed by atoms with E-state index in [-0.39, 0.29) is 12.5 Å². The summed E-state index contributed by atoms with van der Waals surface area (Å²) < 4.78 is 5.27. The highest BCUT2D eigenvalue weighted by Crippen LogP contribution is 2.00. The van der Waals surface area contributed by atoms with Crippen molar-refractivity contribution >= 4 is 5.97 Å². The monoisotopic (exact) mass is 174 g/mol. The standard InChI is InChI=1S/C9H18O3/c1-3-4-5-6-12-8(2)7-9(10)11/h8H,3-7H2,1-2H3,(H,10,11). The SMILES string of the molecule is CCCCCOC(C)CC(=O)O. The Morgan fingerprint density at radius 2 is 2.17 bits per heavy atom. The van der Waals surface area contributed by atoms with Crippen LogP contribution in [-0.2, 0) is 9.53 Å². The molecule has 0 radical (unpaired) electrons. The number of carboxylic acid groups (broad SMARTS) is 1. The number of aliphatic carboxylic acids is 1. The van der Waals surface area contributed by atoms with Crippen molar-refractivity contribution in [3.8, 4) is 0 Å². The van der Waals surface area contributed by atoms with Crippen LogP contribution >= 0.6 is 0 Å². The van der Waals surface area contributed by atoms with Crippen LogP contribution in [0.3, 0.4) is 0 Å². The van der Waals surface area contributed by atoms with Gasteiger partial charge in [0.1, 0.15) is 0 Å². The zero-order chi connectivity index (χ0) is 9.40. The van der Waals surface area contributed by atoms with Crippen molar-refractivity contribution in [3.63, 3.8) is 0 Å². The molecular formula is C9H18O3. The molecule has 3 nitrogen and oxygen atoms in total. The minimum atomic E-state index is -0.794. The molecule has 0 saturated heterocycles. The van der Waals surface area contributed by atoms with E-state index in [4.69, 9.17) is 9.84 Å². The van der Waals surface area contributed by atoms with Crippen molar-refractivity contribution in [2.45, 2.75) is 45.6 Å². The molecular weight excluding hydrogens is 156 g/mol. The number of unbranched alkanes of at least 4 members (excludes halogenated alkanes) is 2. The first kappa shape index (κ1) is 11.4. The number of carbonyl (C=O) groups is 1. The summed E-state index contributed by atoms with van der Waals surface area (Å²) in [5.74, 6) is -0.794. The molecule has 0 aromatic rings. The molecule has 1 unspecified atom stereocenters. The molecule has 12 heavy (non-hydrogen) atoms. The van der Waals surface area contributed by atoms with Gasteiger partial charge in [0.05, 0.1) is 12.5 Å². The van der Waals surface area contributed by atoms with Crippen LogP contribution in [0.1, 0.15) is 39.5 Å². The maximum atomic E-state index is 10.2. The van der Waals surface area contributed by atoms with Gasteiger partial charge in [-0.1, -0.05) is 19.8 Å². The summed E-state index contributed by atoms with van der Waals surface area (Å²) in [4.78, 5) is 10.2. The smallest absolute Gasteiger partial charge is 0.305 e. The highest BCUT2D eigenvalue weighted by atomic mass is 16.5. The molecule has 0 rings (SSSR count). The average Bonchev–Trinajstić information content (AvgIpc) is 1.97. The molecule has 0 aliphatic rings. The molecule has 0 aliphatic heterocycles. The van der Waals surface area contributed by atoms with Gasteiger partial charge in [0.25, 0.3) is 0 Å². The Bertz CT molecular complexity index is 123. The van der Waals surface area contributed by atoms with Crippen molar-refractivity contribution in [1.29, 1.82) is 0 Å². The summed E-state index contributed by atoms with van der Waals surface area (Å²) in [5, 5.41) is 8.41. The minimum Gasteiger partial charge on any atom is -0.481 e. The lowest BCUT2D eigenvalue weighted by atomic mass is 10.2. The Balaban J connectivity index is 3.19. The molecule has 0 aliphatic carbocycles. The molecule has 0 aromatic carbocycles. The Morgan fingerprint density at radius 1 is 1.50 bits per heavy atom. The molecule has 0 saturated carbocycles. The van der Waals surface area contributed by atoms with Gasteiger partial charge < -0.3 is 9.84 Å².